The fourth-order valence-electron chi connectivity index (χ4n) is 3.03. The van der Waals surface area contributed by atoms with Gasteiger partial charge in [0.25, 0.3) is 10.1 Å². The number of rotatable bonds is 18. The minimum Gasteiger partial charge on any atom is -0.338 e. The molecule has 0 aliphatic rings. The summed E-state index contributed by atoms with van der Waals surface area (Å²) in [5.74, 6) is -0.315. The summed E-state index contributed by atoms with van der Waals surface area (Å²) in [6, 6.07) is 0. The van der Waals surface area contributed by atoms with Crippen LogP contribution < -0.4 is 34.9 Å². The van der Waals surface area contributed by atoms with Crippen molar-refractivity contribution in [1.82, 2.24) is 5.32 Å². The molecule has 0 aromatic carbocycles. The summed E-state index contributed by atoms with van der Waals surface area (Å²) < 4.78 is 30.4. The van der Waals surface area contributed by atoms with Crippen molar-refractivity contribution in [2.24, 2.45) is 0 Å². The van der Waals surface area contributed by atoms with Gasteiger partial charge in [-0.2, -0.15) is 8.42 Å². The quantitative estimate of drug-likeness (QED) is 0.205. The number of amides is 1. The third-order valence-corrected chi connectivity index (χ3v) is 5.83. The molecule has 0 aliphatic carbocycles. The van der Waals surface area contributed by atoms with E-state index in [-0.39, 0.29) is 35.5 Å². The summed E-state index contributed by atoms with van der Waals surface area (Å²) in [6.45, 7) is 3.52. The normalized spacial score (nSPS) is 12.4. The first-order valence-electron chi connectivity index (χ1n) is 10.6. The molecule has 0 aromatic heterocycles. The maximum absolute atomic E-state index is 11.5. The maximum atomic E-state index is 11.5. The van der Waals surface area contributed by atoms with Crippen LogP contribution in [0.4, 0.5) is 0 Å². The van der Waals surface area contributed by atoms with E-state index in [1.807, 2.05) is 0 Å². The standard InChI is InChI=1S/C20H41NO4S.Na/c1-3-4-5-6-7-8-9-10-11-12-13-14-15-16-17-18-20(22)21-19(2)26(23,24)25;/h19H,3-18H2,1-2H3,(H,21,22)(H,23,24,25);/q;+1. The second-order valence-electron chi connectivity index (χ2n) is 7.42. The van der Waals surface area contributed by atoms with Crippen molar-refractivity contribution in [3.63, 3.8) is 0 Å². The molecule has 156 valence electrons. The van der Waals surface area contributed by atoms with E-state index in [9.17, 15) is 13.2 Å². The van der Waals surface area contributed by atoms with Crippen molar-refractivity contribution < 1.29 is 47.3 Å². The van der Waals surface area contributed by atoms with Crippen LogP contribution in [0.25, 0.3) is 0 Å². The van der Waals surface area contributed by atoms with Crippen LogP contribution in [-0.2, 0) is 14.9 Å². The second kappa shape index (κ2) is 19.7. The minimum absolute atomic E-state index is 0. The van der Waals surface area contributed by atoms with Gasteiger partial charge in [0.2, 0.25) is 5.91 Å². The van der Waals surface area contributed by atoms with E-state index < -0.39 is 15.5 Å². The molecule has 0 saturated carbocycles. The summed E-state index contributed by atoms with van der Waals surface area (Å²) in [6.07, 6.45) is 19.4. The Labute approximate surface area is 189 Å². The smallest absolute Gasteiger partial charge is 0.338 e. The number of nitrogens with one attached hydrogen (secondary N) is 1. The molecule has 0 bridgehead atoms. The topological polar surface area (TPSA) is 83.5 Å². The molecule has 5 nitrogen and oxygen atoms in total. The number of unbranched alkanes of at least 4 members (excludes halogenated alkanes) is 14. The SMILES string of the molecule is CCCCCCCCCCCCCCCCCC(=O)NC(C)S(=O)(=O)O.[Na+]. The Balaban J connectivity index is 0. The van der Waals surface area contributed by atoms with Crippen molar-refractivity contribution in [2.75, 3.05) is 0 Å². The molecule has 1 atom stereocenters. The number of hydrogen-bond donors (Lipinski definition) is 2. The number of hydrogen-bond acceptors (Lipinski definition) is 3. The zero-order chi connectivity index (χ0) is 19.7. The summed E-state index contributed by atoms with van der Waals surface area (Å²) >= 11 is 0. The van der Waals surface area contributed by atoms with Gasteiger partial charge in [0.1, 0.15) is 0 Å². The van der Waals surface area contributed by atoms with Crippen LogP contribution in [0.3, 0.4) is 0 Å². The van der Waals surface area contributed by atoms with Crippen LogP contribution in [0.2, 0.25) is 0 Å². The molecule has 1 amide bonds. The molecule has 0 heterocycles. The molecule has 0 saturated heterocycles. The van der Waals surface area contributed by atoms with E-state index in [1.54, 1.807) is 0 Å². The van der Waals surface area contributed by atoms with Crippen LogP contribution in [0, 0.1) is 0 Å². The third kappa shape index (κ3) is 20.9. The fourth-order valence-corrected chi connectivity index (χ4v) is 3.31. The van der Waals surface area contributed by atoms with Crippen molar-refractivity contribution in [2.45, 2.75) is 122 Å². The Bertz CT molecular complexity index is 443. The molecule has 0 aromatic rings. The van der Waals surface area contributed by atoms with Gasteiger partial charge in [-0.3, -0.25) is 9.35 Å². The van der Waals surface area contributed by atoms with Gasteiger partial charge >= 0.3 is 29.6 Å². The van der Waals surface area contributed by atoms with E-state index in [0.29, 0.717) is 6.42 Å². The van der Waals surface area contributed by atoms with E-state index in [2.05, 4.69) is 12.2 Å². The molecule has 0 aliphatic heterocycles. The molecule has 0 radical (unpaired) electrons. The third-order valence-electron chi connectivity index (χ3n) is 4.82. The number of carbonyl (C=O) groups is 1. The van der Waals surface area contributed by atoms with E-state index in [0.717, 1.165) is 19.3 Å². The predicted octanol–water partition coefficient (Wildman–Crippen LogP) is 2.60. The predicted molar refractivity (Wildman–Crippen MR) is 109 cm³/mol. The first kappa shape index (κ1) is 29.6. The molecular weight excluding hydrogens is 373 g/mol. The molecule has 0 spiro atoms. The van der Waals surface area contributed by atoms with Crippen molar-refractivity contribution in [1.29, 1.82) is 0 Å². The van der Waals surface area contributed by atoms with Gasteiger partial charge in [0.15, 0.2) is 5.37 Å². The maximum Gasteiger partial charge on any atom is 1.00 e. The number of carbonyl (C=O) groups excluding carboxylic acids is 1. The Morgan fingerprint density at radius 3 is 1.44 bits per heavy atom. The van der Waals surface area contributed by atoms with Gasteiger partial charge in [-0.25, -0.2) is 0 Å². The molecule has 1 unspecified atom stereocenters. The minimum atomic E-state index is -4.19. The van der Waals surface area contributed by atoms with Gasteiger partial charge in [-0.05, 0) is 13.3 Å². The van der Waals surface area contributed by atoms with E-state index >= 15 is 0 Å². The van der Waals surface area contributed by atoms with Gasteiger partial charge in [0.05, 0.1) is 0 Å². The Morgan fingerprint density at radius 2 is 1.11 bits per heavy atom. The first-order valence-corrected chi connectivity index (χ1v) is 12.1. The van der Waals surface area contributed by atoms with Gasteiger partial charge in [-0.1, -0.05) is 96.8 Å². The molecule has 0 fully saturated rings. The average Bonchev–Trinajstić information content (AvgIpc) is 2.57. The molecule has 7 heteroatoms. The summed E-state index contributed by atoms with van der Waals surface area (Å²) in [5, 5.41) is 1.06. The molecular formula is C20H41NNaO4S+. The van der Waals surface area contributed by atoms with Crippen molar-refractivity contribution >= 4 is 16.0 Å². The average molecular weight is 415 g/mol. The molecule has 2 N–H and O–H groups in total. The summed E-state index contributed by atoms with van der Waals surface area (Å²) in [7, 11) is -4.19. The largest absolute Gasteiger partial charge is 1.00 e. The van der Waals surface area contributed by atoms with E-state index in [1.165, 1.54) is 84.0 Å². The van der Waals surface area contributed by atoms with Crippen LogP contribution in [0.1, 0.15) is 117 Å². The Hall–Kier alpha value is 0.380. The monoisotopic (exact) mass is 414 g/mol. The zero-order valence-corrected chi connectivity index (χ0v) is 20.8. The van der Waals surface area contributed by atoms with Crippen molar-refractivity contribution in [3.05, 3.63) is 0 Å². The van der Waals surface area contributed by atoms with E-state index in [4.69, 9.17) is 4.55 Å². The summed E-state index contributed by atoms with van der Waals surface area (Å²) in [4.78, 5) is 11.5. The van der Waals surface area contributed by atoms with Crippen LogP contribution in [0.5, 0.6) is 0 Å². The van der Waals surface area contributed by atoms with Crippen LogP contribution >= 0.6 is 0 Å². The molecule has 0 rings (SSSR count). The second-order valence-corrected chi connectivity index (χ2v) is 9.16. The van der Waals surface area contributed by atoms with Gasteiger partial charge in [0, 0.05) is 6.42 Å². The van der Waals surface area contributed by atoms with Crippen LogP contribution in [0.15, 0.2) is 0 Å². The first-order chi connectivity index (χ1) is 12.4. The molecule has 27 heavy (non-hydrogen) atoms. The van der Waals surface area contributed by atoms with Crippen LogP contribution in [-0.4, -0.2) is 24.3 Å². The van der Waals surface area contributed by atoms with Gasteiger partial charge < -0.3 is 5.32 Å². The Morgan fingerprint density at radius 1 is 0.778 bits per heavy atom. The summed E-state index contributed by atoms with van der Waals surface area (Å²) in [5.41, 5.74) is 0. The Kier molecular flexibility index (Phi) is 21.6. The van der Waals surface area contributed by atoms with Crippen molar-refractivity contribution in [3.8, 4) is 0 Å². The fraction of sp³-hybridized carbons (Fsp3) is 0.950. The zero-order valence-electron chi connectivity index (χ0n) is 18.0. The van der Waals surface area contributed by atoms with Gasteiger partial charge in [-0.15, -0.1) is 0 Å².